The Kier molecular flexibility index (Phi) is 5.58. The van der Waals surface area contributed by atoms with Crippen molar-refractivity contribution in [2.24, 2.45) is 0 Å². The summed E-state index contributed by atoms with van der Waals surface area (Å²) in [5.74, 6) is -0.283. The van der Waals surface area contributed by atoms with Gasteiger partial charge in [0.05, 0.1) is 12.7 Å². The highest BCUT2D eigenvalue weighted by Crippen LogP contribution is 2.05. The van der Waals surface area contributed by atoms with E-state index in [0.717, 1.165) is 0 Å². The minimum atomic E-state index is -0.225. The molecule has 21 heavy (non-hydrogen) atoms. The van der Waals surface area contributed by atoms with Crippen LogP contribution in [0.1, 0.15) is 0 Å². The Morgan fingerprint density at radius 1 is 1.62 bits per heavy atom. The van der Waals surface area contributed by atoms with Gasteiger partial charge < -0.3 is 19.7 Å². The minimum Gasteiger partial charge on any atom is -0.383 e. The van der Waals surface area contributed by atoms with Crippen LogP contribution in [0.5, 0.6) is 0 Å². The van der Waals surface area contributed by atoms with E-state index in [2.05, 4.69) is 20.8 Å². The van der Waals surface area contributed by atoms with Crippen molar-refractivity contribution in [3.8, 4) is 0 Å². The number of nitrogens with one attached hydrogen (secondary N) is 1. The van der Waals surface area contributed by atoms with Gasteiger partial charge in [-0.15, -0.1) is 5.10 Å². The summed E-state index contributed by atoms with van der Waals surface area (Å²) in [5, 5.41) is 13.2. The minimum absolute atomic E-state index is 0.0250. The molecule has 2 heterocycles. The molecule has 0 saturated carbocycles. The van der Waals surface area contributed by atoms with E-state index in [1.807, 2.05) is 0 Å². The number of nitrogens with zero attached hydrogens (tertiary/aromatic N) is 5. The Bertz CT molecular complexity index is 465. The Morgan fingerprint density at radius 3 is 3.19 bits per heavy atom. The van der Waals surface area contributed by atoms with E-state index in [0.29, 0.717) is 26.2 Å². The lowest BCUT2D eigenvalue weighted by Gasteiger charge is -2.32. The monoisotopic (exact) mass is 298 g/mol. The Morgan fingerprint density at radius 2 is 2.48 bits per heavy atom. The first-order valence-electron chi connectivity index (χ1n) is 6.55. The first kappa shape index (κ1) is 15.3. The summed E-state index contributed by atoms with van der Waals surface area (Å²) in [6, 6.07) is 0. The van der Waals surface area contributed by atoms with Crippen LogP contribution < -0.4 is 5.32 Å². The van der Waals surface area contributed by atoms with Gasteiger partial charge in [0, 0.05) is 26.7 Å². The third kappa shape index (κ3) is 4.76. The first-order valence-corrected chi connectivity index (χ1v) is 6.55. The van der Waals surface area contributed by atoms with E-state index in [-0.39, 0.29) is 31.1 Å². The topological polar surface area (TPSA) is 111 Å². The molecule has 0 aliphatic carbocycles. The quantitative estimate of drug-likeness (QED) is 0.600. The fourth-order valence-corrected chi connectivity index (χ4v) is 1.91. The Hall–Kier alpha value is -2.07. The lowest BCUT2D eigenvalue weighted by atomic mass is 10.2. The van der Waals surface area contributed by atoms with E-state index >= 15 is 0 Å². The molecular formula is C11H18N6O4. The van der Waals surface area contributed by atoms with Gasteiger partial charge in [0.2, 0.25) is 11.8 Å². The van der Waals surface area contributed by atoms with Gasteiger partial charge in [-0.25, -0.2) is 4.68 Å². The average Bonchev–Trinajstić information content (AvgIpc) is 2.98. The van der Waals surface area contributed by atoms with Crippen LogP contribution in [0.4, 0.5) is 0 Å². The molecule has 0 spiro atoms. The number of morpholine rings is 1. The molecule has 1 aliphatic rings. The van der Waals surface area contributed by atoms with E-state index in [1.54, 1.807) is 12.0 Å². The number of carbonyl (C=O) groups excluding carboxylic acids is 2. The van der Waals surface area contributed by atoms with Gasteiger partial charge in [-0.3, -0.25) is 9.59 Å². The van der Waals surface area contributed by atoms with Crippen molar-refractivity contribution in [1.29, 1.82) is 0 Å². The number of carbonyl (C=O) groups is 2. The van der Waals surface area contributed by atoms with Gasteiger partial charge in [0.15, 0.2) is 0 Å². The molecular weight excluding hydrogens is 280 g/mol. The number of aromatic nitrogens is 4. The van der Waals surface area contributed by atoms with Crippen molar-refractivity contribution < 1.29 is 19.1 Å². The number of amides is 2. The van der Waals surface area contributed by atoms with Crippen LogP contribution in [0.25, 0.3) is 0 Å². The molecule has 0 aromatic carbocycles. The molecule has 1 aliphatic heterocycles. The zero-order valence-corrected chi connectivity index (χ0v) is 11.8. The predicted octanol–water partition coefficient (Wildman–Crippen LogP) is -2.34. The Balaban J connectivity index is 1.72. The molecule has 1 unspecified atom stereocenters. The summed E-state index contributed by atoms with van der Waals surface area (Å²) in [7, 11) is 1.58. The number of hydrogen-bond acceptors (Lipinski definition) is 7. The lowest BCUT2D eigenvalue weighted by molar-refractivity contribution is -0.149. The maximum absolute atomic E-state index is 11.7. The third-order valence-electron chi connectivity index (χ3n) is 3.01. The van der Waals surface area contributed by atoms with Crippen molar-refractivity contribution in [3.05, 3.63) is 6.33 Å². The van der Waals surface area contributed by atoms with Crippen molar-refractivity contribution in [3.63, 3.8) is 0 Å². The van der Waals surface area contributed by atoms with Gasteiger partial charge in [0.1, 0.15) is 19.5 Å². The van der Waals surface area contributed by atoms with Crippen LogP contribution in [0.2, 0.25) is 0 Å². The number of hydrogen-bond donors (Lipinski definition) is 1. The van der Waals surface area contributed by atoms with Crippen LogP contribution in [0.3, 0.4) is 0 Å². The molecule has 116 valence electrons. The normalized spacial score (nSPS) is 18.8. The van der Waals surface area contributed by atoms with Crippen molar-refractivity contribution in [1.82, 2.24) is 30.4 Å². The zero-order chi connectivity index (χ0) is 15.1. The smallest absolute Gasteiger partial charge is 0.248 e. The molecule has 2 rings (SSSR count). The Labute approximate surface area is 121 Å². The van der Waals surface area contributed by atoms with Crippen molar-refractivity contribution in [2.75, 3.05) is 40.0 Å². The van der Waals surface area contributed by atoms with Crippen LogP contribution in [-0.2, 0) is 25.6 Å². The summed E-state index contributed by atoms with van der Waals surface area (Å²) in [6.07, 6.45) is 1.14. The molecule has 0 bridgehead atoms. The molecule has 10 heteroatoms. The number of tetrazole rings is 1. The fourth-order valence-electron chi connectivity index (χ4n) is 1.91. The highest BCUT2D eigenvalue weighted by atomic mass is 16.5. The number of rotatable bonds is 7. The lowest BCUT2D eigenvalue weighted by Crippen LogP contribution is -2.51. The first-order chi connectivity index (χ1) is 10.2. The highest BCUT2D eigenvalue weighted by Gasteiger charge is 2.26. The highest BCUT2D eigenvalue weighted by molar-refractivity contribution is 5.78. The van der Waals surface area contributed by atoms with Crippen LogP contribution >= 0.6 is 0 Å². The standard InChI is InChI=1S/C11H18N6O4/c1-20-3-2-16-5-9(21-7-11(16)19)4-12-10(18)6-17-8-13-14-15-17/h8-9H,2-7H2,1H3,(H,12,18). The van der Waals surface area contributed by atoms with Crippen LogP contribution in [-0.4, -0.2) is 83.0 Å². The van der Waals surface area contributed by atoms with Gasteiger partial charge in [-0.2, -0.15) is 0 Å². The second kappa shape index (κ2) is 7.64. The summed E-state index contributed by atoms with van der Waals surface area (Å²) < 4.78 is 11.7. The fraction of sp³-hybridized carbons (Fsp3) is 0.727. The molecule has 1 fully saturated rings. The molecule has 10 nitrogen and oxygen atoms in total. The summed E-state index contributed by atoms with van der Waals surface area (Å²) in [6.45, 7) is 1.84. The second-order valence-electron chi connectivity index (χ2n) is 4.58. The van der Waals surface area contributed by atoms with E-state index in [1.165, 1.54) is 11.0 Å². The summed E-state index contributed by atoms with van der Waals surface area (Å²) >= 11 is 0. The molecule has 1 atom stereocenters. The maximum atomic E-state index is 11.7. The van der Waals surface area contributed by atoms with Crippen LogP contribution in [0.15, 0.2) is 6.33 Å². The SMILES string of the molecule is COCCN1CC(CNC(=O)Cn2cnnn2)OCC1=O. The molecule has 0 radical (unpaired) electrons. The van der Waals surface area contributed by atoms with Gasteiger partial charge >= 0.3 is 0 Å². The van der Waals surface area contributed by atoms with Gasteiger partial charge in [-0.1, -0.05) is 0 Å². The molecule has 2 amide bonds. The zero-order valence-electron chi connectivity index (χ0n) is 11.8. The predicted molar refractivity (Wildman–Crippen MR) is 69.0 cm³/mol. The average molecular weight is 298 g/mol. The summed E-state index contributed by atoms with van der Waals surface area (Å²) in [4.78, 5) is 25.0. The van der Waals surface area contributed by atoms with Crippen molar-refractivity contribution >= 4 is 11.8 Å². The largest absolute Gasteiger partial charge is 0.383 e. The number of ether oxygens (including phenoxy) is 2. The van der Waals surface area contributed by atoms with Gasteiger partial charge in [-0.05, 0) is 10.4 Å². The maximum Gasteiger partial charge on any atom is 0.248 e. The molecule has 1 aromatic heterocycles. The molecule has 1 aromatic rings. The van der Waals surface area contributed by atoms with Gasteiger partial charge in [0.25, 0.3) is 0 Å². The van der Waals surface area contributed by atoms with E-state index in [4.69, 9.17) is 9.47 Å². The number of methoxy groups -OCH3 is 1. The van der Waals surface area contributed by atoms with E-state index < -0.39 is 0 Å². The second-order valence-corrected chi connectivity index (χ2v) is 4.58. The molecule has 1 N–H and O–H groups in total. The van der Waals surface area contributed by atoms with Crippen molar-refractivity contribution in [2.45, 2.75) is 12.6 Å². The third-order valence-corrected chi connectivity index (χ3v) is 3.01. The van der Waals surface area contributed by atoms with E-state index in [9.17, 15) is 9.59 Å². The molecule has 1 saturated heterocycles. The van der Waals surface area contributed by atoms with Crippen LogP contribution in [0, 0.1) is 0 Å². The summed E-state index contributed by atoms with van der Waals surface area (Å²) in [5.41, 5.74) is 0.